The number of hydrogen-bond acceptors (Lipinski definition) is 3. The minimum atomic E-state index is 0.516. The third-order valence-corrected chi connectivity index (χ3v) is 5.32. The number of likely N-dealkylation sites (N-methyl/N-ethyl adjacent to an activating group) is 1. The third kappa shape index (κ3) is 8.31. The molecule has 1 aliphatic rings. The second-order valence-corrected chi connectivity index (χ2v) is 7.84. The van der Waals surface area contributed by atoms with Crippen molar-refractivity contribution in [1.29, 1.82) is 0 Å². The number of nitrogens with one attached hydrogen (secondary N) is 2. The van der Waals surface area contributed by atoms with Crippen LogP contribution in [0.1, 0.15) is 43.7 Å². The summed E-state index contributed by atoms with van der Waals surface area (Å²) in [5.74, 6) is 0.941. The first-order chi connectivity index (χ1) is 13.1. The quantitative estimate of drug-likeness (QED) is 0.516. The lowest BCUT2D eigenvalue weighted by Gasteiger charge is -2.33. The van der Waals surface area contributed by atoms with Gasteiger partial charge in [-0.1, -0.05) is 43.2 Å². The molecule has 0 aliphatic carbocycles. The van der Waals surface area contributed by atoms with Gasteiger partial charge in [-0.2, -0.15) is 0 Å². The van der Waals surface area contributed by atoms with Crippen LogP contribution >= 0.6 is 0 Å². The van der Waals surface area contributed by atoms with Crippen LogP contribution in [0.15, 0.2) is 29.3 Å². The van der Waals surface area contributed by atoms with Crippen LogP contribution in [0.25, 0.3) is 0 Å². The predicted molar refractivity (Wildman–Crippen MR) is 116 cm³/mol. The van der Waals surface area contributed by atoms with Gasteiger partial charge >= 0.3 is 0 Å². The Morgan fingerprint density at radius 3 is 2.70 bits per heavy atom. The van der Waals surface area contributed by atoms with Gasteiger partial charge in [-0.3, -0.25) is 9.89 Å². The van der Waals surface area contributed by atoms with Gasteiger partial charge in [-0.15, -0.1) is 0 Å². The molecule has 1 aromatic rings. The van der Waals surface area contributed by atoms with Gasteiger partial charge in [0.1, 0.15) is 0 Å². The van der Waals surface area contributed by atoms with Crippen LogP contribution < -0.4 is 10.6 Å². The zero-order valence-electron chi connectivity index (χ0n) is 17.8. The molecule has 1 heterocycles. The van der Waals surface area contributed by atoms with E-state index in [4.69, 9.17) is 0 Å². The molecule has 0 saturated carbocycles. The Bertz CT molecular complexity index is 564. The Hall–Kier alpha value is -1.59. The van der Waals surface area contributed by atoms with Crippen LogP contribution in [-0.2, 0) is 6.54 Å². The molecule has 1 aliphatic heterocycles. The lowest BCUT2D eigenvalue weighted by atomic mass is 10.0. The molecule has 0 radical (unpaired) electrons. The van der Waals surface area contributed by atoms with Crippen molar-refractivity contribution in [2.75, 3.05) is 46.8 Å². The smallest absolute Gasteiger partial charge is 0.191 e. The number of unbranched alkanes of at least 4 members (excludes halogenated alkanes) is 1. The first kappa shape index (κ1) is 21.7. The van der Waals surface area contributed by atoms with Crippen LogP contribution in [0, 0.1) is 6.92 Å². The average Bonchev–Trinajstić information content (AvgIpc) is 2.67. The van der Waals surface area contributed by atoms with E-state index in [1.54, 1.807) is 0 Å². The summed E-state index contributed by atoms with van der Waals surface area (Å²) in [6.07, 6.45) is 4.86. The average molecular weight is 374 g/mol. The Morgan fingerprint density at radius 2 is 2.04 bits per heavy atom. The third-order valence-electron chi connectivity index (χ3n) is 5.32. The van der Waals surface area contributed by atoms with E-state index in [9.17, 15) is 0 Å². The van der Waals surface area contributed by atoms with E-state index >= 15 is 0 Å². The van der Waals surface area contributed by atoms with E-state index in [2.05, 4.69) is 70.6 Å². The Morgan fingerprint density at radius 1 is 1.26 bits per heavy atom. The SMILES string of the molecule is CCCCN(C)CCNC(=NC)NC1CCN(Cc2cccc(C)c2)CC1. The number of likely N-dealkylation sites (tertiary alicyclic amines) is 1. The van der Waals surface area contributed by atoms with E-state index < -0.39 is 0 Å². The monoisotopic (exact) mass is 373 g/mol. The van der Waals surface area contributed by atoms with E-state index in [0.29, 0.717) is 6.04 Å². The fourth-order valence-corrected chi connectivity index (χ4v) is 3.60. The summed E-state index contributed by atoms with van der Waals surface area (Å²) in [5.41, 5.74) is 2.77. The Balaban J connectivity index is 1.66. The van der Waals surface area contributed by atoms with Crippen molar-refractivity contribution in [3.8, 4) is 0 Å². The minimum Gasteiger partial charge on any atom is -0.355 e. The van der Waals surface area contributed by atoms with Crippen molar-refractivity contribution >= 4 is 5.96 Å². The predicted octanol–water partition coefficient (Wildman–Crippen LogP) is 2.86. The molecule has 5 heteroatoms. The van der Waals surface area contributed by atoms with Crippen molar-refractivity contribution in [1.82, 2.24) is 20.4 Å². The van der Waals surface area contributed by atoms with Crippen molar-refractivity contribution in [2.45, 2.75) is 52.1 Å². The number of piperidine rings is 1. The van der Waals surface area contributed by atoms with Gasteiger partial charge < -0.3 is 15.5 Å². The van der Waals surface area contributed by atoms with Gasteiger partial charge in [-0.25, -0.2) is 0 Å². The maximum absolute atomic E-state index is 4.40. The normalized spacial score (nSPS) is 16.7. The number of rotatable bonds is 9. The number of benzene rings is 1. The summed E-state index contributed by atoms with van der Waals surface area (Å²) >= 11 is 0. The highest BCUT2D eigenvalue weighted by molar-refractivity contribution is 5.79. The molecule has 0 unspecified atom stereocenters. The Kier molecular flexibility index (Phi) is 9.64. The molecule has 27 heavy (non-hydrogen) atoms. The number of guanidine groups is 1. The number of nitrogens with zero attached hydrogens (tertiary/aromatic N) is 3. The van der Waals surface area contributed by atoms with Crippen molar-refractivity contribution in [3.63, 3.8) is 0 Å². The van der Waals surface area contributed by atoms with Crippen molar-refractivity contribution in [2.24, 2.45) is 4.99 Å². The van der Waals surface area contributed by atoms with E-state index in [1.807, 2.05) is 7.05 Å². The van der Waals surface area contributed by atoms with Crippen LogP contribution in [-0.4, -0.2) is 68.6 Å². The second-order valence-electron chi connectivity index (χ2n) is 7.84. The first-order valence-corrected chi connectivity index (χ1v) is 10.5. The number of hydrogen-bond donors (Lipinski definition) is 2. The summed E-state index contributed by atoms with van der Waals surface area (Å²) in [5, 5.41) is 7.07. The summed E-state index contributed by atoms with van der Waals surface area (Å²) in [6.45, 7) is 10.9. The van der Waals surface area contributed by atoms with E-state index in [1.165, 1.54) is 43.4 Å². The molecule has 1 aromatic carbocycles. The molecule has 2 rings (SSSR count). The van der Waals surface area contributed by atoms with Gasteiger partial charge in [0.05, 0.1) is 0 Å². The zero-order valence-corrected chi connectivity index (χ0v) is 17.8. The molecule has 1 saturated heterocycles. The largest absolute Gasteiger partial charge is 0.355 e. The summed E-state index contributed by atoms with van der Waals surface area (Å²) < 4.78 is 0. The minimum absolute atomic E-state index is 0.516. The van der Waals surface area contributed by atoms with Gasteiger partial charge in [-0.05, 0) is 45.3 Å². The fourth-order valence-electron chi connectivity index (χ4n) is 3.60. The lowest BCUT2D eigenvalue weighted by molar-refractivity contribution is 0.198. The maximum atomic E-state index is 4.40. The Labute approximate surface area is 166 Å². The van der Waals surface area contributed by atoms with Crippen LogP contribution in [0.3, 0.4) is 0 Å². The van der Waals surface area contributed by atoms with Crippen molar-refractivity contribution < 1.29 is 0 Å². The van der Waals surface area contributed by atoms with Crippen molar-refractivity contribution in [3.05, 3.63) is 35.4 Å². The molecule has 0 spiro atoms. The topological polar surface area (TPSA) is 42.9 Å². The second kappa shape index (κ2) is 12.0. The highest BCUT2D eigenvalue weighted by Crippen LogP contribution is 2.14. The first-order valence-electron chi connectivity index (χ1n) is 10.5. The van der Waals surface area contributed by atoms with Crippen LogP contribution in [0.2, 0.25) is 0 Å². The molecule has 0 amide bonds. The van der Waals surface area contributed by atoms with Crippen LogP contribution in [0.4, 0.5) is 0 Å². The summed E-state index contributed by atoms with van der Waals surface area (Å²) in [7, 11) is 4.06. The van der Waals surface area contributed by atoms with Gasteiger partial charge in [0.15, 0.2) is 5.96 Å². The molecule has 152 valence electrons. The molecule has 0 aromatic heterocycles. The highest BCUT2D eigenvalue weighted by Gasteiger charge is 2.20. The lowest BCUT2D eigenvalue weighted by Crippen LogP contribution is -2.49. The van der Waals surface area contributed by atoms with Crippen LogP contribution in [0.5, 0.6) is 0 Å². The summed E-state index contributed by atoms with van der Waals surface area (Å²) in [6, 6.07) is 9.38. The molecule has 0 bridgehead atoms. The molecular weight excluding hydrogens is 334 g/mol. The summed E-state index contributed by atoms with van der Waals surface area (Å²) in [4.78, 5) is 9.34. The maximum Gasteiger partial charge on any atom is 0.191 e. The molecule has 0 atom stereocenters. The fraction of sp³-hybridized carbons (Fsp3) is 0.682. The number of aliphatic imine (C=N–C) groups is 1. The highest BCUT2D eigenvalue weighted by atomic mass is 15.2. The standard InChI is InChI=1S/C22H39N5/c1-5-6-13-26(4)16-12-24-22(23-3)25-21-10-14-27(15-11-21)18-20-9-7-8-19(2)17-20/h7-9,17,21H,5-6,10-16,18H2,1-4H3,(H2,23,24,25). The molecular formula is C22H39N5. The van der Waals surface area contributed by atoms with Gasteiger partial charge in [0.25, 0.3) is 0 Å². The molecule has 5 nitrogen and oxygen atoms in total. The number of aryl methyl sites for hydroxylation is 1. The molecule has 2 N–H and O–H groups in total. The van der Waals surface area contributed by atoms with E-state index in [0.717, 1.165) is 38.7 Å². The molecule has 1 fully saturated rings. The van der Waals surface area contributed by atoms with Gasteiger partial charge in [0.2, 0.25) is 0 Å². The zero-order chi connectivity index (χ0) is 19.5. The van der Waals surface area contributed by atoms with E-state index in [-0.39, 0.29) is 0 Å². The van der Waals surface area contributed by atoms with Gasteiger partial charge in [0, 0.05) is 45.8 Å².